The highest BCUT2D eigenvalue weighted by molar-refractivity contribution is 7.98. The molecule has 4 rings (SSSR count). The van der Waals surface area contributed by atoms with Crippen molar-refractivity contribution in [1.29, 1.82) is 0 Å². The molecule has 0 unspecified atom stereocenters. The number of methoxy groups -OCH3 is 1. The number of thioether (sulfide) groups is 1. The van der Waals surface area contributed by atoms with E-state index in [0.717, 1.165) is 43.0 Å². The first-order chi connectivity index (χ1) is 21.6. The molecular formula is C35H44N2O6S2. The predicted octanol–water partition coefficient (Wildman–Crippen LogP) is 8.25. The molecule has 8 nitrogen and oxygen atoms in total. The number of carbonyl (C=O) groups is 1. The summed E-state index contributed by atoms with van der Waals surface area (Å²) in [5.41, 5.74) is 1.64. The molecule has 1 aliphatic heterocycles. The predicted molar refractivity (Wildman–Crippen MR) is 181 cm³/mol. The molecule has 10 heteroatoms. The molecule has 0 aliphatic carbocycles. The van der Waals surface area contributed by atoms with E-state index in [1.807, 2.05) is 66.9 Å². The summed E-state index contributed by atoms with van der Waals surface area (Å²) in [7, 11) is -2.50. The van der Waals surface area contributed by atoms with Crippen LogP contribution in [0.4, 0.5) is 11.4 Å². The number of ether oxygens (including phenoxy) is 2. The van der Waals surface area contributed by atoms with Gasteiger partial charge in [-0.25, -0.2) is 13.2 Å². The van der Waals surface area contributed by atoms with Gasteiger partial charge in [0.05, 0.1) is 29.3 Å². The van der Waals surface area contributed by atoms with Crippen molar-refractivity contribution in [1.82, 2.24) is 4.31 Å². The summed E-state index contributed by atoms with van der Waals surface area (Å²) in [5, 5.41) is 9.29. The van der Waals surface area contributed by atoms with Crippen LogP contribution in [-0.2, 0) is 21.4 Å². The van der Waals surface area contributed by atoms with Crippen LogP contribution in [-0.4, -0.2) is 49.2 Å². The number of nitrogens with zero attached hydrogens (tertiary/aromatic N) is 2. The Labute approximate surface area is 272 Å². The van der Waals surface area contributed by atoms with Gasteiger partial charge in [0, 0.05) is 24.8 Å². The Morgan fingerprint density at radius 1 is 1.02 bits per heavy atom. The number of para-hydroxylation sites is 1. The van der Waals surface area contributed by atoms with Crippen molar-refractivity contribution in [3.05, 3.63) is 84.1 Å². The van der Waals surface area contributed by atoms with Crippen LogP contribution in [0.2, 0.25) is 0 Å². The standard InChI is InChI=1S/C35H44N2O6S2/c1-6-8-19-35(20-9-7-2)25-36(28-13-11-10-12-14-28)30-22-32(44-5)31(43-26(3)21-34(38)39)23-33(30)45(40,41)37(35)24-27-15-17-29(42-4)18-16-27/h10-18,21-23H,6-9,19-20,24-25H2,1-5H3,(H,38,39)/b26-21+. The fourth-order valence-corrected chi connectivity index (χ4v) is 8.46. The van der Waals surface area contributed by atoms with Crippen molar-refractivity contribution >= 4 is 39.1 Å². The SMILES string of the molecule is CCCCC1(CCCC)CN(c2ccccc2)c2cc(SC)c(O/C(C)=C/C(=O)O)cc2S(=O)(=O)N1Cc1ccc(OC)cc1. The number of aliphatic carboxylic acids is 1. The fraction of sp³-hybridized carbons (Fsp3) is 0.400. The van der Waals surface area contributed by atoms with Crippen LogP contribution in [0, 0.1) is 0 Å². The molecule has 0 spiro atoms. The molecule has 1 heterocycles. The first-order valence-electron chi connectivity index (χ1n) is 15.4. The lowest BCUT2D eigenvalue weighted by Crippen LogP contribution is -2.55. The molecule has 0 saturated carbocycles. The third-order valence-corrected chi connectivity index (χ3v) is 11.0. The molecule has 3 aromatic carbocycles. The Bertz CT molecular complexity index is 1580. The zero-order valence-corrected chi connectivity index (χ0v) is 28.4. The highest BCUT2D eigenvalue weighted by Crippen LogP contribution is 2.48. The molecule has 1 N–H and O–H groups in total. The van der Waals surface area contributed by atoms with Gasteiger partial charge in [-0.05, 0) is 61.9 Å². The maximum Gasteiger partial charge on any atom is 0.331 e. The van der Waals surface area contributed by atoms with Crippen LogP contribution in [0.1, 0.15) is 64.9 Å². The Balaban J connectivity index is 2.03. The topological polar surface area (TPSA) is 96.4 Å². The number of sulfonamides is 1. The van der Waals surface area contributed by atoms with Crippen molar-refractivity contribution in [2.24, 2.45) is 0 Å². The molecule has 0 bridgehead atoms. The Kier molecular flexibility index (Phi) is 11.6. The smallest absolute Gasteiger partial charge is 0.331 e. The number of allylic oxidation sites excluding steroid dienone is 1. The van der Waals surface area contributed by atoms with E-state index in [4.69, 9.17) is 9.47 Å². The van der Waals surface area contributed by atoms with E-state index in [1.54, 1.807) is 24.4 Å². The van der Waals surface area contributed by atoms with Crippen LogP contribution in [0.15, 0.2) is 88.4 Å². The van der Waals surface area contributed by atoms with Gasteiger partial charge in [0.25, 0.3) is 0 Å². The zero-order valence-electron chi connectivity index (χ0n) is 26.8. The lowest BCUT2D eigenvalue weighted by molar-refractivity contribution is -0.131. The van der Waals surface area contributed by atoms with E-state index in [1.165, 1.54) is 11.8 Å². The van der Waals surface area contributed by atoms with Crippen molar-refractivity contribution in [2.75, 3.05) is 24.8 Å². The van der Waals surface area contributed by atoms with E-state index < -0.39 is 21.5 Å². The first-order valence-corrected chi connectivity index (χ1v) is 18.0. The number of benzene rings is 3. The van der Waals surface area contributed by atoms with Gasteiger partial charge < -0.3 is 19.5 Å². The van der Waals surface area contributed by atoms with Gasteiger partial charge >= 0.3 is 5.97 Å². The number of unbranched alkanes of at least 4 members (excludes halogenated alkanes) is 2. The monoisotopic (exact) mass is 652 g/mol. The summed E-state index contributed by atoms with van der Waals surface area (Å²) in [6.07, 6.45) is 7.90. The van der Waals surface area contributed by atoms with E-state index in [9.17, 15) is 9.90 Å². The van der Waals surface area contributed by atoms with Gasteiger partial charge in [-0.3, -0.25) is 0 Å². The number of fused-ring (bicyclic) bond motifs is 1. The van der Waals surface area contributed by atoms with Crippen molar-refractivity contribution < 1.29 is 27.8 Å². The molecule has 3 aromatic rings. The first kappa shape index (κ1) is 34.4. The molecule has 0 amide bonds. The van der Waals surface area contributed by atoms with Crippen molar-refractivity contribution in [2.45, 2.75) is 81.2 Å². The summed E-state index contributed by atoms with van der Waals surface area (Å²) in [6, 6.07) is 20.9. The molecule has 0 atom stereocenters. The number of anilines is 2. The number of rotatable bonds is 14. The molecule has 45 heavy (non-hydrogen) atoms. The summed E-state index contributed by atoms with van der Waals surface area (Å²) < 4.78 is 43.5. The number of hydrogen-bond acceptors (Lipinski definition) is 7. The Hall–Kier alpha value is -3.47. The van der Waals surface area contributed by atoms with Crippen LogP contribution >= 0.6 is 11.8 Å². The average molecular weight is 653 g/mol. The minimum Gasteiger partial charge on any atom is -0.497 e. The minimum atomic E-state index is -4.11. The largest absolute Gasteiger partial charge is 0.497 e. The summed E-state index contributed by atoms with van der Waals surface area (Å²) in [5.74, 6) is 0.0152. The highest BCUT2D eigenvalue weighted by atomic mass is 32.2. The molecule has 0 radical (unpaired) electrons. The van der Waals surface area contributed by atoms with Crippen molar-refractivity contribution in [3.8, 4) is 11.5 Å². The minimum absolute atomic E-state index is 0.130. The quantitative estimate of drug-likeness (QED) is 0.106. The molecule has 0 fully saturated rings. The lowest BCUT2D eigenvalue weighted by atomic mass is 9.85. The van der Waals surface area contributed by atoms with Gasteiger partial charge in [-0.15, -0.1) is 11.8 Å². The van der Waals surface area contributed by atoms with Gasteiger partial charge in [0.2, 0.25) is 10.0 Å². The van der Waals surface area contributed by atoms with Crippen LogP contribution in [0.25, 0.3) is 0 Å². The summed E-state index contributed by atoms with van der Waals surface area (Å²) in [4.78, 5) is 14.3. The van der Waals surface area contributed by atoms with Gasteiger partial charge in [0.15, 0.2) is 0 Å². The third kappa shape index (κ3) is 7.85. The van der Waals surface area contributed by atoms with Crippen LogP contribution < -0.4 is 14.4 Å². The second-order valence-electron chi connectivity index (χ2n) is 11.4. The molecule has 242 valence electrons. The molecule has 0 saturated heterocycles. The fourth-order valence-electron chi connectivity index (χ4n) is 5.93. The molecule has 1 aliphatic rings. The Morgan fingerprint density at radius 2 is 1.67 bits per heavy atom. The van der Waals surface area contributed by atoms with Gasteiger partial charge in [-0.2, -0.15) is 4.31 Å². The zero-order chi connectivity index (χ0) is 32.6. The number of hydrogen-bond donors (Lipinski definition) is 1. The maximum absolute atomic E-state index is 15.2. The van der Waals surface area contributed by atoms with E-state index >= 15 is 8.42 Å². The molecule has 0 aromatic heterocycles. The maximum atomic E-state index is 15.2. The number of carboxylic acids is 1. The lowest BCUT2D eigenvalue weighted by Gasteiger charge is -2.44. The third-order valence-electron chi connectivity index (χ3n) is 8.23. The van der Waals surface area contributed by atoms with Crippen LogP contribution in [0.3, 0.4) is 0 Å². The number of carboxylic acid groups (broad SMARTS) is 1. The van der Waals surface area contributed by atoms with Crippen LogP contribution in [0.5, 0.6) is 11.5 Å². The molecular weight excluding hydrogens is 609 g/mol. The van der Waals surface area contributed by atoms with E-state index in [2.05, 4.69) is 18.7 Å². The normalized spacial score (nSPS) is 16.1. The van der Waals surface area contributed by atoms with E-state index in [0.29, 0.717) is 41.5 Å². The second-order valence-corrected chi connectivity index (χ2v) is 14.1. The average Bonchev–Trinajstić information content (AvgIpc) is 3.10. The summed E-state index contributed by atoms with van der Waals surface area (Å²) in [6.45, 7) is 6.49. The summed E-state index contributed by atoms with van der Waals surface area (Å²) >= 11 is 1.42. The highest BCUT2D eigenvalue weighted by Gasteiger charge is 2.49. The van der Waals surface area contributed by atoms with E-state index in [-0.39, 0.29) is 17.2 Å². The second kappa shape index (κ2) is 15.2. The van der Waals surface area contributed by atoms with Crippen molar-refractivity contribution in [3.63, 3.8) is 0 Å². The van der Waals surface area contributed by atoms with Gasteiger partial charge in [0.1, 0.15) is 22.2 Å². The van der Waals surface area contributed by atoms with Gasteiger partial charge in [-0.1, -0.05) is 69.9 Å². The Morgan fingerprint density at radius 3 is 2.22 bits per heavy atom.